The van der Waals surface area contributed by atoms with Gasteiger partial charge in [0.1, 0.15) is 11.8 Å². The van der Waals surface area contributed by atoms with Gasteiger partial charge in [-0.05, 0) is 46.3 Å². The van der Waals surface area contributed by atoms with E-state index < -0.39 is 0 Å². The molecule has 0 fully saturated rings. The molecule has 4 nitrogen and oxygen atoms in total. The van der Waals surface area contributed by atoms with Crippen molar-refractivity contribution < 1.29 is 9.90 Å². The molecule has 20 heavy (non-hydrogen) atoms. The molecule has 5 heteroatoms. The summed E-state index contributed by atoms with van der Waals surface area (Å²) in [5.41, 5.74) is 1.30. The van der Waals surface area contributed by atoms with Gasteiger partial charge in [-0.3, -0.25) is 4.79 Å². The first kappa shape index (κ1) is 14.1. The van der Waals surface area contributed by atoms with Crippen LogP contribution < -0.4 is 4.90 Å². The molecule has 0 bridgehead atoms. The molecule has 2 aromatic rings. The number of phenols is 1. The zero-order valence-electron chi connectivity index (χ0n) is 10.7. The quantitative estimate of drug-likeness (QED) is 0.918. The second-order valence-electron chi connectivity index (χ2n) is 4.16. The summed E-state index contributed by atoms with van der Waals surface area (Å²) in [4.78, 5) is 13.8. The van der Waals surface area contributed by atoms with E-state index in [2.05, 4.69) is 22.0 Å². The lowest BCUT2D eigenvalue weighted by molar-refractivity contribution is 0.0992. The molecule has 0 atom stereocenters. The molecule has 0 spiro atoms. The van der Waals surface area contributed by atoms with Crippen molar-refractivity contribution in [3.05, 3.63) is 58.1 Å². The minimum absolute atomic E-state index is 0.00202. The van der Waals surface area contributed by atoms with Crippen molar-refractivity contribution in [1.29, 1.82) is 5.26 Å². The van der Waals surface area contributed by atoms with Crippen LogP contribution in [0, 0.1) is 11.3 Å². The number of phenolic OH excluding ortho intramolecular Hbond substituents is 1. The lowest BCUT2D eigenvalue weighted by atomic mass is 10.1. The third-order valence-electron chi connectivity index (χ3n) is 2.88. The Bertz CT molecular complexity index is 707. The zero-order chi connectivity index (χ0) is 14.7. The Morgan fingerprint density at radius 2 is 2.00 bits per heavy atom. The average Bonchev–Trinajstić information content (AvgIpc) is 2.48. The van der Waals surface area contributed by atoms with Gasteiger partial charge in [0.05, 0.1) is 15.7 Å². The Morgan fingerprint density at radius 1 is 1.30 bits per heavy atom. The maximum atomic E-state index is 12.4. The Morgan fingerprint density at radius 3 is 2.65 bits per heavy atom. The van der Waals surface area contributed by atoms with Crippen LogP contribution >= 0.6 is 15.9 Å². The SMILES string of the molecule is CN(C(=O)c1ccc(Br)c(O)c1)c1ccccc1C#N. The van der Waals surface area contributed by atoms with Gasteiger partial charge in [0.25, 0.3) is 5.91 Å². The van der Waals surface area contributed by atoms with Gasteiger partial charge in [0.15, 0.2) is 0 Å². The summed E-state index contributed by atoms with van der Waals surface area (Å²) in [6.45, 7) is 0. The number of carbonyl (C=O) groups excluding carboxylic acids is 1. The molecule has 0 aliphatic rings. The van der Waals surface area contributed by atoms with Gasteiger partial charge in [-0.1, -0.05) is 12.1 Å². The first-order valence-electron chi connectivity index (χ1n) is 5.80. The van der Waals surface area contributed by atoms with E-state index in [0.29, 0.717) is 21.3 Å². The predicted octanol–water partition coefficient (Wildman–Crippen LogP) is 3.30. The van der Waals surface area contributed by atoms with Crippen LogP contribution in [0.15, 0.2) is 46.9 Å². The van der Waals surface area contributed by atoms with Crippen molar-refractivity contribution in [1.82, 2.24) is 0 Å². The number of hydrogen-bond acceptors (Lipinski definition) is 3. The molecule has 100 valence electrons. The number of carbonyl (C=O) groups is 1. The van der Waals surface area contributed by atoms with E-state index in [1.54, 1.807) is 43.4 Å². The number of nitrogens with zero attached hydrogens (tertiary/aromatic N) is 2. The van der Waals surface area contributed by atoms with Crippen molar-refractivity contribution in [2.45, 2.75) is 0 Å². The van der Waals surface area contributed by atoms with E-state index in [0.717, 1.165) is 0 Å². The van der Waals surface area contributed by atoms with Crippen LogP contribution in [0.25, 0.3) is 0 Å². The van der Waals surface area contributed by atoms with Gasteiger partial charge >= 0.3 is 0 Å². The lowest BCUT2D eigenvalue weighted by Crippen LogP contribution is -2.26. The summed E-state index contributed by atoms with van der Waals surface area (Å²) >= 11 is 3.17. The maximum Gasteiger partial charge on any atom is 0.258 e. The van der Waals surface area contributed by atoms with E-state index >= 15 is 0 Å². The van der Waals surface area contributed by atoms with E-state index in [4.69, 9.17) is 5.26 Å². The molecule has 0 saturated carbocycles. The fourth-order valence-corrected chi connectivity index (χ4v) is 2.06. The number of benzene rings is 2. The molecule has 0 unspecified atom stereocenters. The van der Waals surface area contributed by atoms with Crippen molar-refractivity contribution in [2.24, 2.45) is 0 Å². The van der Waals surface area contributed by atoms with Crippen LogP contribution in [0.3, 0.4) is 0 Å². The number of para-hydroxylation sites is 1. The van der Waals surface area contributed by atoms with Crippen molar-refractivity contribution in [3.8, 4) is 11.8 Å². The summed E-state index contributed by atoms with van der Waals surface area (Å²) in [6, 6.07) is 13.5. The van der Waals surface area contributed by atoms with Crippen molar-refractivity contribution in [3.63, 3.8) is 0 Å². The molecule has 1 amide bonds. The maximum absolute atomic E-state index is 12.4. The van der Waals surface area contributed by atoms with E-state index in [-0.39, 0.29) is 11.7 Å². The minimum atomic E-state index is -0.296. The van der Waals surface area contributed by atoms with Crippen LogP contribution in [-0.2, 0) is 0 Å². The molecule has 0 aliphatic carbocycles. The topological polar surface area (TPSA) is 64.3 Å². The molecule has 0 radical (unpaired) electrons. The number of halogens is 1. The number of nitriles is 1. The summed E-state index contributed by atoms with van der Waals surface area (Å²) < 4.78 is 0.522. The highest BCUT2D eigenvalue weighted by atomic mass is 79.9. The van der Waals surface area contributed by atoms with Gasteiger partial charge in [0.2, 0.25) is 0 Å². The molecule has 1 N–H and O–H groups in total. The molecule has 0 heterocycles. The molecule has 2 rings (SSSR count). The highest BCUT2D eigenvalue weighted by Gasteiger charge is 2.17. The number of amides is 1. The summed E-state index contributed by atoms with van der Waals surface area (Å²) in [5.74, 6) is -0.298. The zero-order valence-corrected chi connectivity index (χ0v) is 12.3. The fraction of sp³-hybridized carbons (Fsp3) is 0.0667. The standard InChI is InChI=1S/C15H11BrN2O2/c1-18(13-5-3-2-4-11(13)9-17)15(20)10-6-7-12(16)14(19)8-10/h2-8,19H,1H3. The van der Waals surface area contributed by atoms with Crippen molar-refractivity contribution >= 4 is 27.5 Å². The number of aromatic hydroxyl groups is 1. The first-order valence-corrected chi connectivity index (χ1v) is 6.59. The third-order valence-corrected chi connectivity index (χ3v) is 3.55. The molecule has 0 aliphatic heterocycles. The van der Waals surface area contributed by atoms with E-state index in [1.165, 1.54) is 11.0 Å². The Labute approximate surface area is 125 Å². The van der Waals surface area contributed by atoms with Crippen LogP contribution in [-0.4, -0.2) is 18.1 Å². The minimum Gasteiger partial charge on any atom is -0.507 e. The van der Waals surface area contributed by atoms with Crippen LogP contribution in [0.1, 0.15) is 15.9 Å². The van der Waals surface area contributed by atoms with E-state index in [9.17, 15) is 9.90 Å². The molecule has 0 saturated heterocycles. The Kier molecular flexibility index (Phi) is 4.06. The van der Waals surface area contributed by atoms with Crippen LogP contribution in [0.5, 0.6) is 5.75 Å². The second kappa shape index (κ2) is 5.76. The Balaban J connectivity index is 2.38. The highest BCUT2D eigenvalue weighted by molar-refractivity contribution is 9.10. The van der Waals surface area contributed by atoms with Gasteiger partial charge in [-0.2, -0.15) is 5.26 Å². The largest absolute Gasteiger partial charge is 0.507 e. The average molecular weight is 331 g/mol. The van der Waals surface area contributed by atoms with Gasteiger partial charge in [-0.15, -0.1) is 0 Å². The molecule has 2 aromatic carbocycles. The van der Waals surface area contributed by atoms with Crippen LogP contribution in [0.4, 0.5) is 5.69 Å². The van der Waals surface area contributed by atoms with Gasteiger partial charge in [-0.25, -0.2) is 0 Å². The summed E-state index contributed by atoms with van der Waals surface area (Å²) in [5, 5.41) is 18.7. The van der Waals surface area contributed by atoms with Crippen molar-refractivity contribution in [2.75, 3.05) is 11.9 Å². The fourth-order valence-electron chi connectivity index (χ4n) is 1.81. The second-order valence-corrected chi connectivity index (χ2v) is 5.01. The van der Waals surface area contributed by atoms with E-state index in [1.807, 2.05) is 0 Å². The molecule has 0 aromatic heterocycles. The lowest BCUT2D eigenvalue weighted by Gasteiger charge is -2.18. The molecular formula is C15H11BrN2O2. The monoisotopic (exact) mass is 330 g/mol. The summed E-state index contributed by atoms with van der Waals surface area (Å²) in [6.07, 6.45) is 0. The normalized spacial score (nSPS) is 9.85. The Hall–Kier alpha value is -2.32. The highest BCUT2D eigenvalue weighted by Crippen LogP contribution is 2.26. The number of anilines is 1. The van der Waals surface area contributed by atoms with Crippen LogP contribution in [0.2, 0.25) is 0 Å². The van der Waals surface area contributed by atoms with Gasteiger partial charge < -0.3 is 10.0 Å². The predicted molar refractivity (Wildman–Crippen MR) is 79.7 cm³/mol. The summed E-state index contributed by atoms with van der Waals surface area (Å²) in [7, 11) is 1.59. The number of rotatable bonds is 2. The number of hydrogen-bond donors (Lipinski definition) is 1. The molecular weight excluding hydrogens is 320 g/mol. The van der Waals surface area contributed by atoms with Gasteiger partial charge in [0, 0.05) is 12.6 Å². The first-order chi connectivity index (χ1) is 9.54. The smallest absolute Gasteiger partial charge is 0.258 e. The third kappa shape index (κ3) is 2.65.